The van der Waals surface area contributed by atoms with Crippen molar-refractivity contribution in [3.8, 4) is 0 Å². The number of benzene rings is 1. The van der Waals surface area contributed by atoms with Crippen LogP contribution < -0.4 is 10.6 Å². The minimum Gasteiger partial charge on any atom is -0.449 e. The number of amides is 1. The first-order valence-electron chi connectivity index (χ1n) is 6.94. The lowest BCUT2D eigenvalue weighted by atomic mass is 10.2. The van der Waals surface area contributed by atoms with Gasteiger partial charge in [-0.2, -0.15) is 4.37 Å². The van der Waals surface area contributed by atoms with Gasteiger partial charge in [-0.3, -0.25) is 4.79 Å². The Labute approximate surface area is 141 Å². The van der Waals surface area contributed by atoms with Crippen LogP contribution in [-0.2, 0) is 9.53 Å². The highest BCUT2D eigenvalue weighted by Crippen LogP contribution is 2.25. The predicted octanol–water partition coefficient (Wildman–Crippen LogP) is 2.96. The highest BCUT2D eigenvalue weighted by Gasteiger charge is 2.24. The normalized spacial score (nSPS) is 11.7. The summed E-state index contributed by atoms with van der Waals surface area (Å²) in [7, 11) is 1.63. The lowest BCUT2D eigenvalue weighted by molar-refractivity contribution is -0.123. The molecule has 1 aromatic heterocycles. The Balaban J connectivity index is 2.07. The van der Waals surface area contributed by atoms with Crippen molar-refractivity contribution in [1.29, 1.82) is 0 Å². The van der Waals surface area contributed by atoms with E-state index in [-0.39, 0.29) is 11.3 Å². The molecule has 0 spiro atoms. The average molecular weight is 355 g/mol. The molecule has 0 fully saturated rings. The Morgan fingerprint density at radius 2 is 2.04 bits per heavy atom. The summed E-state index contributed by atoms with van der Waals surface area (Å²) >= 11 is 1.09. The van der Waals surface area contributed by atoms with Gasteiger partial charge in [0.1, 0.15) is 22.2 Å². The molecule has 0 aliphatic carbocycles. The number of halogens is 2. The van der Waals surface area contributed by atoms with E-state index in [1.54, 1.807) is 14.0 Å². The molecular formula is C15H15F2N3O3S. The van der Waals surface area contributed by atoms with Crippen LogP contribution in [0.4, 0.5) is 19.5 Å². The SMILES string of the molecule is CNc1snc(C)c1C(=O)OC(C)C(=O)Nc1cc(F)ccc1F. The monoisotopic (exact) mass is 355 g/mol. The fourth-order valence-corrected chi connectivity index (χ4v) is 2.61. The first-order chi connectivity index (χ1) is 11.3. The number of hydrogen-bond donors (Lipinski definition) is 2. The smallest absolute Gasteiger partial charge is 0.343 e. The fourth-order valence-electron chi connectivity index (χ4n) is 1.88. The predicted molar refractivity (Wildman–Crippen MR) is 86.3 cm³/mol. The number of ether oxygens (including phenoxy) is 1. The third-order valence-corrected chi connectivity index (χ3v) is 4.09. The van der Waals surface area contributed by atoms with Gasteiger partial charge in [-0.1, -0.05) is 0 Å². The number of rotatable bonds is 5. The van der Waals surface area contributed by atoms with E-state index in [4.69, 9.17) is 4.74 Å². The zero-order valence-corrected chi connectivity index (χ0v) is 14.0. The maximum atomic E-state index is 13.5. The lowest BCUT2D eigenvalue weighted by Gasteiger charge is -2.14. The maximum absolute atomic E-state index is 13.5. The summed E-state index contributed by atoms with van der Waals surface area (Å²) in [5.41, 5.74) is 0.379. The standard InChI is InChI=1S/C15H15F2N3O3S/c1-7-12(14(18-3)24-20-7)15(22)23-8(2)13(21)19-11-6-9(16)4-5-10(11)17/h4-6,8,18H,1-3H3,(H,19,21). The summed E-state index contributed by atoms with van der Waals surface area (Å²) in [6.07, 6.45) is -1.20. The molecule has 1 unspecified atom stereocenters. The Morgan fingerprint density at radius 1 is 1.33 bits per heavy atom. The molecule has 0 radical (unpaired) electrons. The summed E-state index contributed by atoms with van der Waals surface area (Å²) in [4.78, 5) is 24.2. The van der Waals surface area contributed by atoms with Gasteiger partial charge in [0.15, 0.2) is 6.10 Å². The molecular weight excluding hydrogens is 340 g/mol. The van der Waals surface area contributed by atoms with E-state index < -0.39 is 29.6 Å². The van der Waals surface area contributed by atoms with Gasteiger partial charge in [0.25, 0.3) is 5.91 Å². The number of aryl methyl sites for hydroxylation is 1. The van der Waals surface area contributed by atoms with Gasteiger partial charge < -0.3 is 15.4 Å². The van der Waals surface area contributed by atoms with Crippen LogP contribution in [0.3, 0.4) is 0 Å². The van der Waals surface area contributed by atoms with Gasteiger partial charge in [-0.05, 0) is 37.5 Å². The first-order valence-corrected chi connectivity index (χ1v) is 7.71. The third-order valence-electron chi connectivity index (χ3n) is 3.13. The van der Waals surface area contributed by atoms with Gasteiger partial charge in [0.05, 0.1) is 11.4 Å². The highest BCUT2D eigenvalue weighted by molar-refractivity contribution is 7.10. The lowest BCUT2D eigenvalue weighted by Crippen LogP contribution is -2.30. The minimum atomic E-state index is -1.20. The molecule has 24 heavy (non-hydrogen) atoms. The topological polar surface area (TPSA) is 80.3 Å². The van der Waals surface area contributed by atoms with Crippen LogP contribution in [0.1, 0.15) is 23.0 Å². The van der Waals surface area contributed by atoms with Crippen LogP contribution in [0.2, 0.25) is 0 Å². The van der Waals surface area contributed by atoms with Crippen LogP contribution in [-0.4, -0.2) is 29.4 Å². The average Bonchev–Trinajstić information content (AvgIpc) is 2.91. The summed E-state index contributed by atoms with van der Waals surface area (Å²) in [6, 6.07) is 2.66. The van der Waals surface area contributed by atoms with Gasteiger partial charge in [-0.15, -0.1) is 0 Å². The Morgan fingerprint density at radius 3 is 2.71 bits per heavy atom. The first kappa shape index (κ1) is 17.8. The molecule has 1 aromatic carbocycles. The van der Waals surface area contributed by atoms with Gasteiger partial charge in [-0.25, -0.2) is 13.6 Å². The van der Waals surface area contributed by atoms with Crippen LogP contribution in [0, 0.1) is 18.6 Å². The van der Waals surface area contributed by atoms with Crippen molar-refractivity contribution in [1.82, 2.24) is 4.37 Å². The molecule has 9 heteroatoms. The van der Waals surface area contributed by atoms with Crippen LogP contribution in [0.5, 0.6) is 0 Å². The molecule has 0 aliphatic heterocycles. The number of anilines is 2. The number of esters is 1. The number of carbonyl (C=O) groups excluding carboxylic acids is 2. The second-order valence-electron chi connectivity index (χ2n) is 4.88. The van der Waals surface area contributed by atoms with Gasteiger partial charge >= 0.3 is 5.97 Å². The van der Waals surface area contributed by atoms with Crippen LogP contribution >= 0.6 is 11.5 Å². The highest BCUT2D eigenvalue weighted by atomic mass is 32.1. The van der Waals surface area contributed by atoms with Crippen molar-refractivity contribution >= 4 is 34.1 Å². The van der Waals surface area contributed by atoms with E-state index in [9.17, 15) is 18.4 Å². The van der Waals surface area contributed by atoms with E-state index >= 15 is 0 Å². The molecule has 0 saturated carbocycles. The van der Waals surface area contributed by atoms with Crippen molar-refractivity contribution in [2.75, 3.05) is 17.7 Å². The molecule has 1 amide bonds. The molecule has 0 saturated heterocycles. The second-order valence-corrected chi connectivity index (χ2v) is 5.66. The fraction of sp³-hybridized carbons (Fsp3) is 0.267. The summed E-state index contributed by atoms with van der Waals surface area (Å²) < 4.78 is 35.8. The number of hydrogen-bond acceptors (Lipinski definition) is 6. The number of nitrogens with zero attached hydrogens (tertiary/aromatic N) is 1. The molecule has 0 aliphatic rings. The van der Waals surface area contributed by atoms with E-state index in [0.29, 0.717) is 10.7 Å². The Bertz CT molecular complexity index is 779. The quantitative estimate of drug-likeness (QED) is 0.806. The van der Waals surface area contributed by atoms with Gasteiger partial charge in [0.2, 0.25) is 0 Å². The van der Waals surface area contributed by atoms with Gasteiger partial charge in [0, 0.05) is 13.1 Å². The van der Waals surface area contributed by atoms with E-state index in [1.165, 1.54) is 6.92 Å². The molecule has 1 atom stereocenters. The summed E-state index contributed by atoms with van der Waals surface area (Å²) in [6.45, 7) is 2.97. The Hall–Kier alpha value is -2.55. The van der Waals surface area contributed by atoms with Crippen molar-refractivity contribution in [3.63, 3.8) is 0 Å². The largest absolute Gasteiger partial charge is 0.449 e. The molecule has 2 rings (SSSR count). The van der Waals surface area contributed by atoms with Crippen molar-refractivity contribution in [3.05, 3.63) is 41.1 Å². The molecule has 2 N–H and O–H groups in total. The second kappa shape index (κ2) is 7.35. The zero-order chi connectivity index (χ0) is 17.9. The summed E-state index contributed by atoms with van der Waals surface area (Å²) in [5, 5.41) is 5.52. The molecule has 128 valence electrons. The van der Waals surface area contributed by atoms with Crippen molar-refractivity contribution in [2.24, 2.45) is 0 Å². The Kier molecular flexibility index (Phi) is 5.45. The minimum absolute atomic E-state index is 0.235. The number of nitrogens with one attached hydrogen (secondary N) is 2. The molecule has 2 aromatic rings. The maximum Gasteiger partial charge on any atom is 0.343 e. The molecule has 6 nitrogen and oxygen atoms in total. The third kappa shape index (κ3) is 3.85. The van der Waals surface area contributed by atoms with E-state index in [0.717, 1.165) is 29.7 Å². The van der Waals surface area contributed by atoms with Crippen molar-refractivity contribution < 1.29 is 23.1 Å². The van der Waals surface area contributed by atoms with Crippen LogP contribution in [0.15, 0.2) is 18.2 Å². The van der Waals surface area contributed by atoms with Crippen LogP contribution in [0.25, 0.3) is 0 Å². The zero-order valence-electron chi connectivity index (χ0n) is 13.1. The number of aromatic nitrogens is 1. The van der Waals surface area contributed by atoms with E-state index in [1.807, 2.05) is 0 Å². The van der Waals surface area contributed by atoms with Crippen molar-refractivity contribution in [2.45, 2.75) is 20.0 Å². The molecule has 1 heterocycles. The molecule has 0 bridgehead atoms. The van der Waals surface area contributed by atoms with E-state index in [2.05, 4.69) is 15.0 Å². The summed E-state index contributed by atoms with van der Waals surface area (Å²) in [5.74, 6) is -3.00. The number of carbonyl (C=O) groups is 2.